The summed E-state index contributed by atoms with van der Waals surface area (Å²) in [6, 6.07) is 27.4. The van der Waals surface area contributed by atoms with E-state index < -0.39 is 11.9 Å². The SMILES string of the molecule is CC(CC(=O)N(CC(=O)O)Cc1ccccc1)SSCCC(=O)O[C@H]1CC[C@@]2(C)C(=CC[C@@H]3[C@@H]2CC[C@]2(C)C(c4cccnc4)=CC[C@@H]32)C1.CC(CC(=O)O[C@H]1CC[C@@]2(C)C(=CC[C@@H]3[C@@H]2CC[C@]2(C)C(c4cccnc4)=CC[C@@H]32)C1)SSCCC(=O)N(CC(=O)O)Cc1ccccc1. The van der Waals surface area contributed by atoms with E-state index in [-0.39, 0.29) is 107 Å². The highest BCUT2D eigenvalue weighted by Gasteiger charge is 2.59. The molecule has 2 N–H and O–H groups in total. The number of aromatic nitrogens is 2. The van der Waals surface area contributed by atoms with Gasteiger partial charge in [-0.25, -0.2) is 0 Å². The van der Waals surface area contributed by atoms with Crippen LogP contribution in [0.2, 0.25) is 0 Å². The third-order valence-electron chi connectivity index (χ3n) is 23.8. The van der Waals surface area contributed by atoms with Gasteiger partial charge in [-0.15, -0.1) is 0 Å². The second-order valence-corrected chi connectivity index (χ2v) is 35.8. The van der Waals surface area contributed by atoms with Crippen LogP contribution in [0.3, 0.4) is 0 Å². The molecule has 98 heavy (non-hydrogen) atoms. The van der Waals surface area contributed by atoms with Gasteiger partial charge in [0.25, 0.3) is 0 Å². The number of esters is 2. The van der Waals surface area contributed by atoms with Crippen molar-refractivity contribution in [1.82, 2.24) is 19.8 Å². The zero-order chi connectivity index (χ0) is 69.2. The molecule has 0 aliphatic heterocycles. The maximum atomic E-state index is 13.0. The lowest BCUT2D eigenvalue weighted by molar-refractivity contribution is -0.152. The first kappa shape index (κ1) is 73.1. The largest absolute Gasteiger partial charge is 0.480 e. The number of rotatable bonds is 26. The fraction of sp³-hybridized carbons (Fsp3) is 0.550. The van der Waals surface area contributed by atoms with Crippen molar-refractivity contribution in [3.63, 3.8) is 0 Å². The van der Waals surface area contributed by atoms with E-state index in [1.165, 1.54) is 68.9 Å². The molecule has 4 fully saturated rings. The van der Waals surface area contributed by atoms with E-state index in [0.717, 1.165) is 75.3 Å². The number of hydrogen-bond donors (Lipinski definition) is 2. The van der Waals surface area contributed by atoms with Gasteiger partial charge in [0.05, 0.1) is 12.8 Å². The smallest absolute Gasteiger partial charge is 0.323 e. The predicted octanol–water partition coefficient (Wildman–Crippen LogP) is 17.2. The molecule has 2 aromatic heterocycles. The maximum Gasteiger partial charge on any atom is 0.323 e. The summed E-state index contributed by atoms with van der Waals surface area (Å²) in [6.07, 6.45) is 34.0. The Kier molecular flexibility index (Phi) is 24.4. The summed E-state index contributed by atoms with van der Waals surface area (Å²) < 4.78 is 12.1. The Morgan fingerprint density at radius 2 is 0.949 bits per heavy atom. The lowest BCUT2D eigenvalue weighted by Crippen LogP contribution is -2.50. The number of allylic oxidation sites excluding steroid dienone is 6. The zero-order valence-corrected chi connectivity index (χ0v) is 61.3. The summed E-state index contributed by atoms with van der Waals surface area (Å²) in [5.74, 6) is 2.51. The summed E-state index contributed by atoms with van der Waals surface area (Å²) in [5, 5.41) is 18.7. The third kappa shape index (κ3) is 17.1. The molecule has 14 atom stereocenters. The van der Waals surface area contributed by atoms with E-state index in [1.54, 1.807) is 43.2 Å². The van der Waals surface area contributed by atoms with Gasteiger partial charge in [-0.05, 0) is 180 Å². The van der Waals surface area contributed by atoms with Crippen molar-refractivity contribution in [2.24, 2.45) is 57.2 Å². The van der Waals surface area contributed by atoms with Gasteiger partial charge in [-0.2, -0.15) is 0 Å². The molecule has 8 aliphatic carbocycles. The molecule has 2 amide bonds. The van der Waals surface area contributed by atoms with Gasteiger partial charge in [0.2, 0.25) is 11.8 Å². The molecule has 14 nitrogen and oxygen atoms in total. The van der Waals surface area contributed by atoms with Gasteiger partial charge in [0.15, 0.2) is 0 Å². The molecule has 12 rings (SSSR count). The van der Waals surface area contributed by atoms with E-state index in [2.05, 4.69) is 86.2 Å². The molecule has 0 bridgehead atoms. The van der Waals surface area contributed by atoms with Crippen LogP contribution in [-0.2, 0) is 51.3 Å². The lowest BCUT2D eigenvalue weighted by atomic mass is 9.47. The lowest BCUT2D eigenvalue weighted by Gasteiger charge is -2.57. The Bertz CT molecular complexity index is 3600. The van der Waals surface area contributed by atoms with Crippen LogP contribution in [-0.4, -0.2) is 113 Å². The molecule has 0 radical (unpaired) electrons. The monoisotopic (exact) mass is 1400 g/mol. The Morgan fingerprint density at radius 3 is 1.41 bits per heavy atom. The number of carboxylic acids is 2. The number of pyridine rings is 2. The number of ether oxygens (including phenoxy) is 2. The molecule has 2 heterocycles. The molecule has 4 aromatic rings. The summed E-state index contributed by atoms with van der Waals surface area (Å²) in [5.41, 5.74) is 11.2. The molecule has 4 saturated carbocycles. The van der Waals surface area contributed by atoms with Crippen molar-refractivity contribution in [2.75, 3.05) is 24.6 Å². The van der Waals surface area contributed by atoms with E-state index >= 15 is 0 Å². The first-order chi connectivity index (χ1) is 47.1. The van der Waals surface area contributed by atoms with Crippen molar-refractivity contribution in [3.8, 4) is 0 Å². The molecule has 2 aromatic carbocycles. The van der Waals surface area contributed by atoms with E-state index in [0.29, 0.717) is 59.9 Å². The van der Waals surface area contributed by atoms with Crippen LogP contribution in [0.4, 0.5) is 0 Å². The van der Waals surface area contributed by atoms with Gasteiger partial charge >= 0.3 is 23.9 Å². The third-order valence-corrected chi connectivity index (χ3v) is 29.6. The minimum absolute atomic E-state index is 0.0155. The summed E-state index contributed by atoms with van der Waals surface area (Å²) in [6.45, 7) is 13.9. The highest BCUT2D eigenvalue weighted by Crippen LogP contribution is 2.68. The summed E-state index contributed by atoms with van der Waals surface area (Å²) >= 11 is 0. The molecular weight excluding hydrogens is 1310 g/mol. The fourth-order valence-corrected chi connectivity index (χ4v) is 23.3. The average molecular weight is 1410 g/mol. The quantitative estimate of drug-likeness (QED) is 0.0261. The van der Waals surface area contributed by atoms with Crippen LogP contribution >= 0.6 is 43.2 Å². The first-order valence-electron chi connectivity index (χ1n) is 35.8. The highest BCUT2D eigenvalue weighted by molar-refractivity contribution is 8.77. The normalized spacial score (nSPS) is 29.4. The Labute approximate surface area is 596 Å². The van der Waals surface area contributed by atoms with Crippen LogP contribution in [0, 0.1) is 57.2 Å². The molecule has 2 unspecified atom stereocenters. The van der Waals surface area contributed by atoms with E-state index in [4.69, 9.17) is 9.47 Å². The number of hydrogen-bond acceptors (Lipinski definition) is 14. The average Bonchev–Trinajstić information content (AvgIpc) is 1.30. The van der Waals surface area contributed by atoms with E-state index in [1.807, 2.05) is 99.3 Å². The standard InChI is InChI=1S/2C40H50N2O5S2/c1-27(22-36(43)42(26-37(44)45)25-28-8-5-4-6-9-28)49-48-21-17-38(46)47-31-15-18-39(2)30(23-31)11-12-32-34-14-13-33(29-10-7-20-41-24-29)40(34,3)19-16-35(32)39;1-27(49-48-21-17-36(43)42(26-37(44)45)25-28-8-5-4-6-9-28)22-38(46)47-31-15-18-39(2)30(23-31)11-12-32-34-14-13-33(29-10-7-20-41-24-29)40(34,3)19-16-35(32)39/h2*4-11,13,20,24,27,31-32,34-35H,12,14-19,21-23,25-26H2,1-3H3,(H,44,45)/t2*27?,31-,32-,34-,35-,39-,40+/m00/s1. The maximum absolute atomic E-state index is 13.0. The molecule has 0 spiro atoms. The summed E-state index contributed by atoms with van der Waals surface area (Å²) in [4.78, 5) is 86.0. The van der Waals surface area contributed by atoms with Gasteiger partial charge in [0, 0.05) is 85.6 Å². The van der Waals surface area contributed by atoms with Gasteiger partial charge in [-0.1, -0.05) is 193 Å². The second-order valence-electron chi connectivity index (χ2n) is 30.0. The minimum atomic E-state index is -1.03. The summed E-state index contributed by atoms with van der Waals surface area (Å²) in [7, 11) is 6.26. The fourth-order valence-electron chi connectivity index (χ4n) is 18.8. The Hall–Kier alpha value is -6.08. The Balaban J connectivity index is 0.000000198. The van der Waals surface area contributed by atoms with Crippen molar-refractivity contribution < 1.29 is 48.5 Å². The first-order valence-corrected chi connectivity index (χ1v) is 40.5. The molecule has 0 saturated heterocycles. The number of aliphatic carboxylic acids is 2. The zero-order valence-electron chi connectivity index (χ0n) is 58.0. The topological polar surface area (TPSA) is 194 Å². The number of amides is 2. The van der Waals surface area contributed by atoms with Gasteiger partial charge < -0.3 is 29.5 Å². The number of benzene rings is 2. The van der Waals surface area contributed by atoms with Gasteiger partial charge in [0.1, 0.15) is 25.3 Å². The van der Waals surface area contributed by atoms with Gasteiger partial charge in [-0.3, -0.25) is 38.7 Å². The van der Waals surface area contributed by atoms with Crippen molar-refractivity contribution in [1.29, 1.82) is 0 Å². The molecule has 524 valence electrons. The minimum Gasteiger partial charge on any atom is -0.480 e. The number of carbonyl (C=O) groups is 6. The number of carbonyl (C=O) groups excluding carboxylic acids is 4. The Morgan fingerprint density at radius 1 is 0.510 bits per heavy atom. The number of carboxylic acid groups (broad SMARTS) is 2. The predicted molar refractivity (Wildman–Crippen MR) is 395 cm³/mol. The van der Waals surface area contributed by atoms with Crippen LogP contribution in [0.15, 0.2) is 145 Å². The highest BCUT2D eigenvalue weighted by atomic mass is 33.1. The van der Waals surface area contributed by atoms with Crippen LogP contribution in [0.1, 0.15) is 179 Å². The number of nitrogens with zero attached hydrogens (tertiary/aromatic N) is 4. The van der Waals surface area contributed by atoms with Crippen molar-refractivity contribution in [3.05, 3.63) is 167 Å². The molecular formula is C80H100N4O10S4. The van der Waals surface area contributed by atoms with Crippen LogP contribution in [0.25, 0.3) is 11.1 Å². The molecule has 8 aliphatic rings. The van der Waals surface area contributed by atoms with Crippen LogP contribution in [0.5, 0.6) is 0 Å². The van der Waals surface area contributed by atoms with Crippen molar-refractivity contribution >= 4 is 90.0 Å². The molecule has 18 heteroatoms. The van der Waals surface area contributed by atoms with Crippen molar-refractivity contribution in [2.45, 2.75) is 193 Å². The van der Waals surface area contributed by atoms with E-state index in [9.17, 15) is 39.0 Å². The van der Waals surface area contributed by atoms with Crippen LogP contribution < -0.4 is 0 Å². The number of fused-ring (bicyclic) bond motifs is 10. The second kappa shape index (κ2) is 32.7.